The molecule has 0 bridgehead atoms. The molecule has 0 aliphatic rings. The Morgan fingerprint density at radius 2 is 1.81 bits per heavy atom. The fourth-order valence-corrected chi connectivity index (χ4v) is 1.02. The SMILES string of the molecule is CCC(C)(CC)NC(=O)NCC(O)C(=O)O. The molecule has 4 N–H and O–H groups in total. The van der Waals surface area contributed by atoms with E-state index in [1.807, 2.05) is 20.8 Å². The minimum Gasteiger partial charge on any atom is -0.479 e. The van der Waals surface area contributed by atoms with Crippen LogP contribution in [0.2, 0.25) is 0 Å². The second-order valence-electron chi connectivity index (χ2n) is 3.96. The maximum absolute atomic E-state index is 11.4. The molecule has 0 aromatic heterocycles. The summed E-state index contributed by atoms with van der Waals surface area (Å²) >= 11 is 0. The van der Waals surface area contributed by atoms with Crippen LogP contribution in [0.15, 0.2) is 0 Å². The van der Waals surface area contributed by atoms with Crippen molar-refractivity contribution in [1.82, 2.24) is 10.6 Å². The van der Waals surface area contributed by atoms with Gasteiger partial charge in [-0.15, -0.1) is 0 Å². The molecule has 0 heterocycles. The van der Waals surface area contributed by atoms with E-state index in [0.717, 1.165) is 12.8 Å². The minimum absolute atomic E-state index is 0.301. The van der Waals surface area contributed by atoms with Gasteiger partial charge in [0.1, 0.15) is 0 Å². The van der Waals surface area contributed by atoms with E-state index >= 15 is 0 Å². The number of amides is 2. The number of hydrogen-bond acceptors (Lipinski definition) is 3. The van der Waals surface area contributed by atoms with Gasteiger partial charge in [-0.3, -0.25) is 0 Å². The van der Waals surface area contributed by atoms with Crippen LogP contribution in [0.5, 0.6) is 0 Å². The Morgan fingerprint density at radius 3 is 2.19 bits per heavy atom. The number of hydrogen-bond donors (Lipinski definition) is 4. The molecular formula is C10H20N2O4. The van der Waals surface area contributed by atoms with Crippen molar-refractivity contribution in [2.24, 2.45) is 0 Å². The first-order valence-electron chi connectivity index (χ1n) is 5.31. The van der Waals surface area contributed by atoms with Crippen molar-refractivity contribution in [2.45, 2.75) is 45.3 Å². The van der Waals surface area contributed by atoms with Crippen LogP contribution in [0.1, 0.15) is 33.6 Å². The van der Waals surface area contributed by atoms with Crippen molar-refractivity contribution in [1.29, 1.82) is 0 Å². The van der Waals surface area contributed by atoms with Crippen LogP contribution in [-0.4, -0.2) is 40.4 Å². The van der Waals surface area contributed by atoms with E-state index < -0.39 is 18.1 Å². The van der Waals surface area contributed by atoms with Crippen LogP contribution in [0.3, 0.4) is 0 Å². The summed E-state index contributed by atoms with van der Waals surface area (Å²) in [6.07, 6.45) is -0.0168. The first kappa shape index (κ1) is 14.7. The third-order valence-electron chi connectivity index (χ3n) is 2.72. The number of carbonyl (C=O) groups is 2. The van der Waals surface area contributed by atoms with Gasteiger partial charge in [0.15, 0.2) is 6.10 Å². The second-order valence-corrected chi connectivity index (χ2v) is 3.96. The number of nitrogens with one attached hydrogen (secondary N) is 2. The quantitative estimate of drug-likeness (QED) is 0.529. The largest absolute Gasteiger partial charge is 0.479 e. The highest BCUT2D eigenvalue weighted by atomic mass is 16.4. The predicted octanol–water partition coefficient (Wildman–Crippen LogP) is 0.310. The van der Waals surface area contributed by atoms with Crippen molar-refractivity contribution < 1.29 is 19.8 Å². The van der Waals surface area contributed by atoms with Crippen molar-refractivity contribution >= 4 is 12.0 Å². The van der Waals surface area contributed by atoms with E-state index in [2.05, 4.69) is 10.6 Å². The summed E-state index contributed by atoms with van der Waals surface area (Å²) < 4.78 is 0. The fraction of sp³-hybridized carbons (Fsp3) is 0.800. The molecule has 94 valence electrons. The molecule has 0 saturated carbocycles. The highest BCUT2D eigenvalue weighted by molar-refractivity contribution is 5.77. The number of carboxylic acid groups (broad SMARTS) is 1. The lowest BCUT2D eigenvalue weighted by Gasteiger charge is -2.28. The highest BCUT2D eigenvalue weighted by Gasteiger charge is 2.22. The third kappa shape index (κ3) is 4.97. The van der Waals surface area contributed by atoms with Crippen LogP contribution in [0.4, 0.5) is 4.79 Å². The summed E-state index contributed by atoms with van der Waals surface area (Å²) in [6, 6.07) is -0.466. The summed E-state index contributed by atoms with van der Waals surface area (Å²) in [6.45, 7) is 5.51. The Hall–Kier alpha value is -1.30. The molecule has 0 fully saturated rings. The Labute approximate surface area is 95.0 Å². The molecule has 0 aliphatic carbocycles. The molecule has 16 heavy (non-hydrogen) atoms. The van der Waals surface area contributed by atoms with Crippen LogP contribution >= 0.6 is 0 Å². The molecule has 6 heteroatoms. The number of aliphatic carboxylic acids is 1. The number of aliphatic hydroxyl groups is 1. The molecule has 0 aromatic rings. The van der Waals surface area contributed by atoms with Gasteiger partial charge in [0, 0.05) is 5.54 Å². The summed E-state index contributed by atoms with van der Waals surface area (Å²) in [7, 11) is 0. The third-order valence-corrected chi connectivity index (χ3v) is 2.72. The molecule has 1 atom stereocenters. The summed E-state index contributed by atoms with van der Waals surface area (Å²) in [4.78, 5) is 21.7. The Balaban J connectivity index is 4.04. The van der Waals surface area contributed by atoms with Gasteiger partial charge in [0.25, 0.3) is 0 Å². The van der Waals surface area contributed by atoms with Crippen molar-refractivity contribution in [3.8, 4) is 0 Å². The van der Waals surface area contributed by atoms with Gasteiger partial charge >= 0.3 is 12.0 Å². The van der Waals surface area contributed by atoms with E-state index in [1.165, 1.54) is 0 Å². The molecule has 0 radical (unpaired) electrons. The summed E-state index contributed by atoms with van der Waals surface area (Å²) in [5, 5.41) is 22.4. The van der Waals surface area contributed by atoms with E-state index in [4.69, 9.17) is 10.2 Å². The molecule has 6 nitrogen and oxygen atoms in total. The van der Waals surface area contributed by atoms with E-state index in [1.54, 1.807) is 0 Å². The summed E-state index contributed by atoms with van der Waals surface area (Å²) in [5.41, 5.74) is -0.307. The number of urea groups is 1. The number of carboxylic acids is 1. The topological polar surface area (TPSA) is 98.7 Å². The smallest absolute Gasteiger partial charge is 0.334 e. The zero-order valence-electron chi connectivity index (χ0n) is 9.91. The Morgan fingerprint density at radius 1 is 1.31 bits per heavy atom. The lowest BCUT2D eigenvalue weighted by molar-refractivity contribution is -0.146. The molecule has 0 saturated heterocycles. The Kier molecular flexibility index (Phi) is 5.81. The maximum atomic E-state index is 11.4. The van der Waals surface area contributed by atoms with Crippen LogP contribution < -0.4 is 10.6 Å². The molecule has 2 amide bonds. The van der Waals surface area contributed by atoms with Crippen molar-refractivity contribution in [3.63, 3.8) is 0 Å². The lowest BCUT2D eigenvalue weighted by Crippen LogP contribution is -2.51. The first-order valence-corrected chi connectivity index (χ1v) is 5.31. The van der Waals surface area contributed by atoms with Crippen LogP contribution in [-0.2, 0) is 4.79 Å². The van der Waals surface area contributed by atoms with E-state index in [-0.39, 0.29) is 12.1 Å². The second kappa shape index (κ2) is 6.32. The van der Waals surface area contributed by atoms with Gasteiger partial charge in [-0.05, 0) is 19.8 Å². The zero-order chi connectivity index (χ0) is 12.8. The van der Waals surface area contributed by atoms with Crippen LogP contribution in [0.25, 0.3) is 0 Å². The zero-order valence-corrected chi connectivity index (χ0v) is 9.91. The van der Waals surface area contributed by atoms with Crippen LogP contribution in [0, 0.1) is 0 Å². The van der Waals surface area contributed by atoms with E-state index in [0.29, 0.717) is 0 Å². The minimum atomic E-state index is -1.57. The highest BCUT2D eigenvalue weighted by Crippen LogP contribution is 2.12. The van der Waals surface area contributed by atoms with Gasteiger partial charge < -0.3 is 20.8 Å². The van der Waals surface area contributed by atoms with Gasteiger partial charge in [0.05, 0.1) is 6.54 Å². The molecule has 1 unspecified atom stereocenters. The van der Waals surface area contributed by atoms with Gasteiger partial charge in [-0.2, -0.15) is 0 Å². The monoisotopic (exact) mass is 232 g/mol. The number of rotatable bonds is 6. The molecule has 0 aliphatic heterocycles. The van der Waals surface area contributed by atoms with Crippen molar-refractivity contribution in [2.75, 3.05) is 6.54 Å². The maximum Gasteiger partial charge on any atom is 0.334 e. The Bertz CT molecular complexity index is 251. The van der Waals surface area contributed by atoms with Gasteiger partial charge in [0.2, 0.25) is 0 Å². The van der Waals surface area contributed by atoms with E-state index in [9.17, 15) is 9.59 Å². The fourth-order valence-electron chi connectivity index (χ4n) is 1.02. The average Bonchev–Trinajstić information content (AvgIpc) is 2.25. The van der Waals surface area contributed by atoms with Gasteiger partial charge in [-0.1, -0.05) is 13.8 Å². The summed E-state index contributed by atoms with van der Waals surface area (Å²) in [5.74, 6) is -1.35. The molecule has 0 aromatic carbocycles. The molecular weight excluding hydrogens is 212 g/mol. The average molecular weight is 232 g/mol. The standard InChI is InChI=1S/C10H20N2O4/c1-4-10(3,5-2)12-9(16)11-6-7(13)8(14)15/h7,13H,4-6H2,1-3H3,(H,14,15)(H2,11,12,16). The number of carbonyl (C=O) groups excluding carboxylic acids is 1. The molecule has 0 spiro atoms. The first-order chi connectivity index (χ1) is 7.34. The van der Waals surface area contributed by atoms with Crippen molar-refractivity contribution in [3.05, 3.63) is 0 Å². The lowest BCUT2D eigenvalue weighted by atomic mass is 9.96. The molecule has 0 rings (SSSR count). The number of aliphatic hydroxyl groups excluding tert-OH is 1. The predicted molar refractivity (Wildman–Crippen MR) is 59.2 cm³/mol. The normalized spacial score (nSPS) is 13.0. The van der Waals surface area contributed by atoms with Gasteiger partial charge in [-0.25, -0.2) is 9.59 Å².